The average Bonchev–Trinajstić information content (AvgIpc) is 2.26. The summed E-state index contributed by atoms with van der Waals surface area (Å²) >= 11 is 3.79. The van der Waals surface area contributed by atoms with Crippen molar-refractivity contribution in [3.63, 3.8) is 0 Å². The lowest BCUT2D eigenvalue weighted by atomic mass is 9.73. The van der Waals surface area contributed by atoms with Gasteiger partial charge >= 0.3 is 5.97 Å². The highest BCUT2D eigenvalue weighted by Gasteiger charge is 2.15. The molecule has 0 amide bonds. The molecule has 15 heavy (non-hydrogen) atoms. The molecule has 0 aromatic heterocycles. The van der Waals surface area contributed by atoms with E-state index in [9.17, 15) is 4.79 Å². The van der Waals surface area contributed by atoms with E-state index in [1.54, 1.807) is 0 Å². The molecule has 2 N–H and O–H groups in total. The first-order valence-corrected chi connectivity index (χ1v) is 5.13. The third-order valence-electron chi connectivity index (χ3n) is 2.21. The van der Waals surface area contributed by atoms with Gasteiger partial charge in [-0.2, -0.15) is 0 Å². The average molecular weight is 222 g/mol. The van der Waals surface area contributed by atoms with E-state index in [0.29, 0.717) is 6.42 Å². The number of thiol groups is 1. The number of nitrogens with one attached hydrogen (secondary N) is 1. The third-order valence-corrected chi connectivity index (χ3v) is 2.52. The van der Waals surface area contributed by atoms with Gasteiger partial charge in [-0.3, -0.25) is 9.52 Å². The number of carboxylic acids is 1. The first-order chi connectivity index (χ1) is 7.17. The molecule has 1 aromatic carbocycles. The molecule has 0 heterocycles. The molecule has 5 heteroatoms. The molecule has 0 unspecified atom stereocenters. The summed E-state index contributed by atoms with van der Waals surface area (Å²) in [6, 6.07) is 7.14. The number of hydrogen-bond donors (Lipinski definition) is 3. The molecular weight excluding hydrogens is 209 g/mol. The molecule has 3 nitrogen and oxygen atoms in total. The molecule has 79 valence electrons. The van der Waals surface area contributed by atoms with Gasteiger partial charge in [-0.05, 0) is 12.0 Å². The van der Waals surface area contributed by atoms with Gasteiger partial charge in [-0.1, -0.05) is 49.4 Å². The van der Waals surface area contributed by atoms with E-state index in [1.165, 1.54) is 0 Å². The van der Waals surface area contributed by atoms with Gasteiger partial charge in [0.2, 0.25) is 0 Å². The molecule has 0 spiro atoms. The summed E-state index contributed by atoms with van der Waals surface area (Å²) in [6.07, 6.45) is 0.433. The lowest BCUT2D eigenvalue weighted by Crippen LogP contribution is -2.32. The Morgan fingerprint density at radius 2 is 2.13 bits per heavy atom. The van der Waals surface area contributed by atoms with E-state index in [1.807, 2.05) is 38.4 Å². The Morgan fingerprint density at radius 1 is 1.53 bits per heavy atom. The fourth-order valence-electron chi connectivity index (χ4n) is 1.27. The summed E-state index contributed by atoms with van der Waals surface area (Å²) in [4.78, 5) is 10.7. The molecule has 0 saturated heterocycles. The van der Waals surface area contributed by atoms with Gasteiger partial charge in [0, 0.05) is 0 Å². The second kappa shape index (κ2) is 5.83. The summed E-state index contributed by atoms with van der Waals surface area (Å²) in [6.45, 7) is 1.96. The van der Waals surface area contributed by atoms with E-state index < -0.39 is 12.0 Å². The quantitative estimate of drug-likeness (QED) is 0.502. The number of carbonyl (C=O) groups is 1. The van der Waals surface area contributed by atoms with E-state index in [4.69, 9.17) is 5.11 Å². The number of rotatable bonds is 5. The smallest absolute Gasteiger partial charge is 0.321 e. The minimum Gasteiger partial charge on any atom is -0.480 e. The molecule has 1 aromatic rings. The molecule has 0 aliphatic heterocycles. The number of carboxylic acid groups (broad SMARTS) is 1. The van der Waals surface area contributed by atoms with Crippen LogP contribution < -0.4 is 10.2 Å². The highest BCUT2D eigenvalue weighted by Crippen LogP contribution is 2.03. The molecule has 1 atom stereocenters. The normalized spacial score (nSPS) is 12.1. The number of benzene rings is 1. The Hall–Kier alpha value is -0.935. The first-order valence-electron chi connectivity index (χ1n) is 4.68. The van der Waals surface area contributed by atoms with Crippen LogP contribution in [0.2, 0.25) is 6.82 Å². The summed E-state index contributed by atoms with van der Waals surface area (Å²) < 4.78 is 2.47. The van der Waals surface area contributed by atoms with Crippen molar-refractivity contribution in [2.24, 2.45) is 0 Å². The van der Waals surface area contributed by atoms with Crippen LogP contribution in [0.1, 0.15) is 5.56 Å². The maximum atomic E-state index is 10.7. The molecule has 1 radical (unpaired) electrons. The fraction of sp³-hybridized carbons (Fsp3) is 0.300. The second-order valence-corrected chi connectivity index (χ2v) is 3.51. The van der Waals surface area contributed by atoms with Crippen molar-refractivity contribution in [2.75, 3.05) is 0 Å². The van der Waals surface area contributed by atoms with E-state index in [0.717, 1.165) is 11.0 Å². The van der Waals surface area contributed by atoms with Crippen LogP contribution >= 0.6 is 12.8 Å². The van der Waals surface area contributed by atoms with Crippen LogP contribution in [-0.4, -0.2) is 24.4 Å². The maximum Gasteiger partial charge on any atom is 0.321 e. The van der Waals surface area contributed by atoms with Crippen LogP contribution in [0.3, 0.4) is 0 Å². The van der Waals surface area contributed by atoms with E-state index in [-0.39, 0.29) is 0 Å². The Labute approximate surface area is 95.7 Å². The van der Waals surface area contributed by atoms with Gasteiger partial charge in [0.1, 0.15) is 13.3 Å². The monoisotopic (exact) mass is 222 g/mol. The van der Waals surface area contributed by atoms with Crippen molar-refractivity contribution >= 4 is 31.5 Å². The van der Waals surface area contributed by atoms with Crippen LogP contribution in [0.25, 0.3) is 0 Å². The van der Waals surface area contributed by atoms with Gasteiger partial charge in [-0.25, -0.2) is 0 Å². The van der Waals surface area contributed by atoms with Gasteiger partial charge in [-0.15, -0.1) is 0 Å². The predicted octanol–water partition coefficient (Wildman–Crippen LogP) is 0.494. The maximum absolute atomic E-state index is 10.7. The Kier molecular flexibility index (Phi) is 4.71. The van der Waals surface area contributed by atoms with Crippen LogP contribution in [0, 0.1) is 0 Å². The molecule has 0 saturated carbocycles. The number of hydrogen-bond acceptors (Lipinski definition) is 3. The minimum absolute atomic E-state index is 0.433. The standard InChI is InChI=1S/C10H13BNO2S/c1-11-8-4-2-7(3-5-8)6-9(12-15)10(13)14/h2-5,9,12,15H,6H2,1H3,(H,13,14)/t9-/m0/s1. The zero-order chi connectivity index (χ0) is 11.3. The summed E-state index contributed by atoms with van der Waals surface area (Å²) in [5.74, 6) is -0.892. The summed E-state index contributed by atoms with van der Waals surface area (Å²) in [7, 11) is 2.00. The van der Waals surface area contributed by atoms with Crippen molar-refractivity contribution in [3.8, 4) is 0 Å². The first kappa shape index (κ1) is 12.1. The van der Waals surface area contributed by atoms with E-state index >= 15 is 0 Å². The van der Waals surface area contributed by atoms with Crippen LogP contribution in [-0.2, 0) is 11.2 Å². The lowest BCUT2D eigenvalue weighted by Gasteiger charge is -2.10. The van der Waals surface area contributed by atoms with Gasteiger partial charge in [0.05, 0.1) is 0 Å². The summed E-state index contributed by atoms with van der Waals surface area (Å²) in [5.41, 5.74) is 2.11. The second-order valence-electron chi connectivity index (χ2n) is 3.25. The van der Waals surface area contributed by atoms with Crippen molar-refractivity contribution in [1.82, 2.24) is 4.72 Å². The third kappa shape index (κ3) is 3.60. The van der Waals surface area contributed by atoms with Crippen molar-refractivity contribution < 1.29 is 9.90 Å². The highest BCUT2D eigenvalue weighted by atomic mass is 32.1. The summed E-state index contributed by atoms with van der Waals surface area (Å²) in [5, 5.41) is 8.82. The SMILES string of the molecule is C[B]c1ccc(C[C@H](NS)C(=O)O)cc1. The zero-order valence-corrected chi connectivity index (χ0v) is 9.37. The topological polar surface area (TPSA) is 49.3 Å². The van der Waals surface area contributed by atoms with Crippen LogP contribution in [0.15, 0.2) is 24.3 Å². The molecule has 0 aliphatic rings. The molecule has 1 rings (SSSR count). The van der Waals surface area contributed by atoms with Crippen molar-refractivity contribution in [3.05, 3.63) is 29.8 Å². The Morgan fingerprint density at radius 3 is 2.53 bits per heavy atom. The van der Waals surface area contributed by atoms with E-state index in [2.05, 4.69) is 17.5 Å². The lowest BCUT2D eigenvalue weighted by molar-refractivity contribution is -0.138. The van der Waals surface area contributed by atoms with Gasteiger partial charge in [0.15, 0.2) is 0 Å². The fourth-order valence-corrected chi connectivity index (χ4v) is 1.47. The van der Waals surface area contributed by atoms with Crippen molar-refractivity contribution in [1.29, 1.82) is 0 Å². The highest BCUT2D eigenvalue weighted by molar-refractivity contribution is 7.78. The molecule has 0 fully saturated rings. The Bertz CT molecular complexity index is 329. The molecular formula is C10H13BNO2S. The zero-order valence-electron chi connectivity index (χ0n) is 8.47. The van der Waals surface area contributed by atoms with Crippen LogP contribution in [0.5, 0.6) is 0 Å². The minimum atomic E-state index is -0.892. The Balaban J connectivity index is 2.67. The van der Waals surface area contributed by atoms with Gasteiger partial charge in [0.25, 0.3) is 0 Å². The molecule has 0 bridgehead atoms. The predicted molar refractivity (Wildman–Crippen MR) is 64.9 cm³/mol. The largest absolute Gasteiger partial charge is 0.480 e. The van der Waals surface area contributed by atoms with Crippen molar-refractivity contribution in [2.45, 2.75) is 19.3 Å². The van der Waals surface area contributed by atoms with Crippen LogP contribution in [0.4, 0.5) is 0 Å². The van der Waals surface area contributed by atoms with Gasteiger partial charge < -0.3 is 5.11 Å². The number of aliphatic carboxylic acids is 1. The molecule has 0 aliphatic carbocycles.